The number of nitrogens with zero attached hydrogens (tertiary/aromatic N) is 2. The number of piperidine rings is 1. The van der Waals surface area contributed by atoms with Crippen molar-refractivity contribution in [2.45, 2.75) is 38.7 Å². The third-order valence-electron chi connectivity index (χ3n) is 4.35. The van der Waals surface area contributed by atoms with E-state index in [1.54, 1.807) is 18.5 Å². The average Bonchev–Trinajstić information content (AvgIpc) is 2.55. The Labute approximate surface area is 143 Å². The summed E-state index contributed by atoms with van der Waals surface area (Å²) in [6.07, 6.45) is 7.93. The van der Waals surface area contributed by atoms with Gasteiger partial charge < -0.3 is 9.64 Å². The number of halogens is 2. The van der Waals surface area contributed by atoms with Crippen LogP contribution in [0.25, 0.3) is 10.8 Å². The SMILES string of the molecule is CCCCN1CCC(Oc2cc3ccncc3cc2F)CC1.Cl. The van der Waals surface area contributed by atoms with E-state index in [9.17, 15) is 4.39 Å². The van der Waals surface area contributed by atoms with Crippen LogP contribution in [0.3, 0.4) is 0 Å². The van der Waals surface area contributed by atoms with E-state index in [0.29, 0.717) is 5.75 Å². The maximum atomic E-state index is 14.2. The Bertz CT molecular complexity index is 629. The summed E-state index contributed by atoms with van der Waals surface area (Å²) in [6.45, 7) is 5.47. The molecular formula is C18H24ClFN2O. The first-order valence-electron chi connectivity index (χ1n) is 8.18. The van der Waals surface area contributed by atoms with Crippen LogP contribution in [0, 0.1) is 5.82 Å². The van der Waals surface area contributed by atoms with Crippen LogP contribution in [0.15, 0.2) is 30.6 Å². The van der Waals surface area contributed by atoms with Gasteiger partial charge in [0.05, 0.1) is 0 Å². The Morgan fingerprint density at radius 1 is 1.26 bits per heavy atom. The monoisotopic (exact) mass is 338 g/mol. The van der Waals surface area contributed by atoms with Gasteiger partial charge in [0, 0.05) is 30.9 Å². The summed E-state index contributed by atoms with van der Waals surface area (Å²) < 4.78 is 20.1. The van der Waals surface area contributed by atoms with Gasteiger partial charge in [0.15, 0.2) is 11.6 Å². The molecular weight excluding hydrogens is 315 g/mol. The van der Waals surface area contributed by atoms with Crippen LogP contribution >= 0.6 is 12.4 Å². The maximum absolute atomic E-state index is 14.2. The minimum atomic E-state index is -0.297. The van der Waals surface area contributed by atoms with Gasteiger partial charge in [-0.3, -0.25) is 4.98 Å². The van der Waals surface area contributed by atoms with Crippen molar-refractivity contribution < 1.29 is 9.13 Å². The molecule has 126 valence electrons. The molecule has 0 amide bonds. The van der Waals surface area contributed by atoms with Crippen LogP contribution < -0.4 is 4.74 Å². The highest BCUT2D eigenvalue weighted by Gasteiger charge is 2.21. The number of hydrogen-bond donors (Lipinski definition) is 0. The van der Waals surface area contributed by atoms with Crippen LogP contribution in [0.4, 0.5) is 4.39 Å². The third kappa shape index (κ3) is 4.55. The Morgan fingerprint density at radius 2 is 2.04 bits per heavy atom. The molecule has 3 rings (SSSR count). The van der Waals surface area contributed by atoms with Crippen LogP contribution in [0.5, 0.6) is 5.75 Å². The molecule has 23 heavy (non-hydrogen) atoms. The van der Waals surface area contributed by atoms with E-state index in [1.165, 1.54) is 25.5 Å². The number of aromatic nitrogens is 1. The average molecular weight is 339 g/mol. The number of likely N-dealkylation sites (tertiary alicyclic amines) is 1. The first-order valence-corrected chi connectivity index (χ1v) is 8.18. The fourth-order valence-corrected chi connectivity index (χ4v) is 2.99. The molecule has 0 radical (unpaired) electrons. The second-order valence-corrected chi connectivity index (χ2v) is 6.02. The molecule has 0 aliphatic carbocycles. The lowest BCUT2D eigenvalue weighted by molar-refractivity contribution is 0.0966. The molecule has 2 aromatic rings. The number of pyridine rings is 1. The molecule has 0 unspecified atom stereocenters. The Morgan fingerprint density at radius 3 is 2.78 bits per heavy atom. The predicted molar refractivity (Wildman–Crippen MR) is 93.9 cm³/mol. The molecule has 1 aliphatic rings. The molecule has 1 fully saturated rings. The van der Waals surface area contributed by atoms with Crippen molar-refractivity contribution in [1.82, 2.24) is 9.88 Å². The Hall–Kier alpha value is -1.39. The fourth-order valence-electron chi connectivity index (χ4n) is 2.99. The summed E-state index contributed by atoms with van der Waals surface area (Å²) >= 11 is 0. The summed E-state index contributed by atoms with van der Waals surface area (Å²) in [5, 5.41) is 1.77. The second-order valence-electron chi connectivity index (χ2n) is 6.02. The molecule has 0 saturated carbocycles. The van der Waals surface area contributed by atoms with E-state index in [2.05, 4.69) is 16.8 Å². The number of fused-ring (bicyclic) bond motifs is 1. The van der Waals surface area contributed by atoms with E-state index in [1.807, 2.05) is 6.07 Å². The van der Waals surface area contributed by atoms with Crippen molar-refractivity contribution in [3.05, 3.63) is 36.4 Å². The lowest BCUT2D eigenvalue weighted by Gasteiger charge is -2.32. The zero-order valence-electron chi connectivity index (χ0n) is 13.5. The third-order valence-corrected chi connectivity index (χ3v) is 4.35. The molecule has 1 aromatic carbocycles. The smallest absolute Gasteiger partial charge is 0.165 e. The van der Waals surface area contributed by atoms with Crippen molar-refractivity contribution in [2.75, 3.05) is 19.6 Å². The van der Waals surface area contributed by atoms with E-state index in [0.717, 1.165) is 36.7 Å². The molecule has 2 heterocycles. The molecule has 1 aliphatic heterocycles. The van der Waals surface area contributed by atoms with Crippen molar-refractivity contribution in [3.63, 3.8) is 0 Å². The highest BCUT2D eigenvalue weighted by Crippen LogP contribution is 2.27. The van der Waals surface area contributed by atoms with Crippen molar-refractivity contribution >= 4 is 23.2 Å². The zero-order valence-corrected chi connectivity index (χ0v) is 14.3. The van der Waals surface area contributed by atoms with Crippen LogP contribution in [0.1, 0.15) is 32.6 Å². The standard InChI is InChI=1S/C18H23FN2O.ClH/c1-2-3-8-21-9-5-16(6-10-21)22-18-12-14-4-7-20-13-15(14)11-17(18)19;/h4,7,11-13,16H,2-3,5-6,8-10H2,1H3;1H. The van der Waals surface area contributed by atoms with Crippen molar-refractivity contribution in [2.24, 2.45) is 0 Å². The van der Waals surface area contributed by atoms with Gasteiger partial charge in [-0.25, -0.2) is 4.39 Å². The number of benzene rings is 1. The highest BCUT2D eigenvalue weighted by atomic mass is 35.5. The Balaban J connectivity index is 0.00000192. The quantitative estimate of drug-likeness (QED) is 0.806. The van der Waals surface area contributed by atoms with Gasteiger partial charge in [0.25, 0.3) is 0 Å². The zero-order chi connectivity index (χ0) is 15.4. The normalized spacial score (nSPS) is 16.3. The van der Waals surface area contributed by atoms with Crippen molar-refractivity contribution in [1.29, 1.82) is 0 Å². The summed E-state index contributed by atoms with van der Waals surface area (Å²) in [5.41, 5.74) is 0. The largest absolute Gasteiger partial charge is 0.487 e. The van der Waals surface area contributed by atoms with E-state index in [-0.39, 0.29) is 24.3 Å². The summed E-state index contributed by atoms with van der Waals surface area (Å²) in [4.78, 5) is 6.50. The molecule has 0 atom stereocenters. The summed E-state index contributed by atoms with van der Waals surface area (Å²) in [5.74, 6) is 0.0691. The summed E-state index contributed by atoms with van der Waals surface area (Å²) in [6, 6.07) is 5.18. The summed E-state index contributed by atoms with van der Waals surface area (Å²) in [7, 11) is 0. The van der Waals surface area contributed by atoms with Crippen molar-refractivity contribution in [3.8, 4) is 5.75 Å². The number of rotatable bonds is 5. The minimum absolute atomic E-state index is 0. The maximum Gasteiger partial charge on any atom is 0.165 e. The molecule has 3 nitrogen and oxygen atoms in total. The highest BCUT2D eigenvalue weighted by molar-refractivity contribution is 5.85. The first-order chi connectivity index (χ1) is 10.8. The van der Waals surface area contributed by atoms with E-state index >= 15 is 0 Å². The first kappa shape index (κ1) is 18.0. The number of ether oxygens (including phenoxy) is 1. The molecule has 0 N–H and O–H groups in total. The van der Waals surface area contributed by atoms with Gasteiger partial charge in [-0.2, -0.15) is 0 Å². The van der Waals surface area contributed by atoms with Gasteiger partial charge in [0.1, 0.15) is 6.10 Å². The van der Waals surface area contributed by atoms with Gasteiger partial charge in [-0.05, 0) is 49.4 Å². The van der Waals surface area contributed by atoms with Gasteiger partial charge in [0.2, 0.25) is 0 Å². The molecule has 0 spiro atoms. The topological polar surface area (TPSA) is 25.4 Å². The van der Waals surface area contributed by atoms with E-state index in [4.69, 9.17) is 4.74 Å². The van der Waals surface area contributed by atoms with Gasteiger partial charge in [-0.15, -0.1) is 12.4 Å². The predicted octanol–water partition coefficient (Wildman–Crippen LogP) is 4.44. The Kier molecular flexibility index (Phi) is 6.60. The number of hydrogen-bond acceptors (Lipinski definition) is 3. The van der Waals surface area contributed by atoms with E-state index < -0.39 is 0 Å². The molecule has 1 aromatic heterocycles. The minimum Gasteiger partial charge on any atom is -0.487 e. The van der Waals surface area contributed by atoms with Gasteiger partial charge in [-0.1, -0.05) is 13.3 Å². The van der Waals surface area contributed by atoms with Crippen LogP contribution in [-0.4, -0.2) is 35.6 Å². The van der Waals surface area contributed by atoms with Crippen LogP contribution in [0.2, 0.25) is 0 Å². The van der Waals surface area contributed by atoms with Crippen LogP contribution in [-0.2, 0) is 0 Å². The lowest BCUT2D eigenvalue weighted by atomic mass is 10.1. The molecule has 1 saturated heterocycles. The lowest BCUT2D eigenvalue weighted by Crippen LogP contribution is -2.38. The molecule has 0 bridgehead atoms. The number of unbranched alkanes of at least 4 members (excludes halogenated alkanes) is 1. The van der Waals surface area contributed by atoms with Gasteiger partial charge >= 0.3 is 0 Å². The molecule has 5 heteroatoms. The second kappa shape index (κ2) is 8.46. The fraction of sp³-hybridized carbons (Fsp3) is 0.500.